The van der Waals surface area contributed by atoms with Crippen LogP contribution in [0.15, 0.2) is 41.3 Å². The Morgan fingerprint density at radius 1 is 0.938 bits per heavy atom. The quantitative estimate of drug-likeness (QED) is 0.658. The lowest BCUT2D eigenvalue weighted by Gasteiger charge is -2.33. The van der Waals surface area contributed by atoms with E-state index in [2.05, 4.69) is 0 Å². The summed E-state index contributed by atoms with van der Waals surface area (Å²) in [5, 5.41) is 0. The van der Waals surface area contributed by atoms with Crippen molar-refractivity contribution in [2.24, 2.45) is 0 Å². The smallest absolute Gasteiger partial charge is 0.243 e. The molecule has 4 rings (SSSR count). The van der Waals surface area contributed by atoms with Gasteiger partial charge in [0.05, 0.1) is 26.2 Å². The molecule has 2 heterocycles. The summed E-state index contributed by atoms with van der Waals surface area (Å²) >= 11 is 0. The molecule has 172 valence electrons. The standard InChI is InChI=1S/C23H28N2O6S/c1-29-18-6-8-19(9-7-18)32(27,28)25-11-4-5-20(25)23(26)24-12-10-16-13-21(30-2)22(31-3)14-17(16)15-24/h6-9,13-14,20H,4-5,10-12,15H2,1-3H3/t20-/m1/s1. The maximum absolute atomic E-state index is 13.4. The molecule has 0 aliphatic carbocycles. The van der Waals surface area contributed by atoms with Gasteiger partial charge in [-0.2, -0.15) is 4.31 Å². The van der Waals surface area contributed by atoms with Crippen molar-refractivity contribution in [3.05, 3.63) is 47.5 Å². The first-order valence-corrected chi connectivity index (χ1v) is 12.0. The zero-order chi connectivity index (χ0) is 22.9. The molecule has 0 unspecified atom stereocenters. The van der Waals surface area contributed by atoms with Crippen molar-refractivity contribution >= 4 is 15.9 Å². The molecule has 0 bridgehead atoms. The van der Waals surface area contributed by atoms with Crippen LogP contribution in [0.1, 0.15) is 24.0 Å². The van der Waals surface area contributed by atoms with Crippen LogP contribution in [0.4, 0.5) is 0 Å². The van der Waals surface area contributed by atoms with E-state index < -0.39 is 16.1 Å². The van der Waals surface area contributed by atoms with Crippen LogP contribution in [-0.2, 0) is 27.8 Å². The normalized spacial score (nSPS) is 18.8. The molecule has 0 aromatic heterocycles. The van der Waals surface area contributed by atoms with Crippen LogP contribution in [0.3, 0.4) is 0 Å². The number of methoxy groups -OCH3 is 3. The molecule has 32 heavy (non-hydrogen) atoms. The molecule has 0 radical (unpaired) electrons. The molecule has 1 atom stereocenters. The average Bonchev–Trinajstić information content (AvgIpc) is 3.33. The minimum atomic E-state index is -3.78. The van der Waals surface area contributed by atoms with Crippen molar-refractivity contribution in [1.29, 1.82) is 0 Å². The highest BCUT2D eigenvalue weighted by Gasteiger charge is 2.41. The van der Waals surface area contributed by atoms with Crippen LogP contribution in [0.5, 0.6) is 17.2 Å². The van der Waals surface area contributed by atoms with Gasteiger partial charge in [-0.15, -0.1) is 0 Å². The molecule has 0 saturated carbocycles. The number of hydrogen-bond donors (Lipinski definition) is 0. The Balaban J connectivity index is 1.55. The predicted molar refractivity (Wildman–Crippen MR) is 119 cm³/mol. The van der Waals surface area contributed by atoms with Gasteiger partial charge in [-0.3, -0.25) is 4.79 Å². The average molecular weight is 461 g/mol. The maximum Gasteiger partial charge on any atom is 0.243 e. The van der Waals surface area contributed by atoms with E-state index in [4.69, 9.17) is 14.2 Å². The third kappa shape index (κ3) is 4.02. The van der Waals surface area contributed by atoms with Gasteiger partial charge in [0.25, 0.3) is 0 Å². The first-order chi connectivity index (χ1) is 15.4. The van der Waals surface area contributed by atoms with Crippen LogP contribution < -0.4 is 14.2 Å². The van der Waals surface area contributed by atoms with Crippen LogP contribution in [0.25, 0.3) is 0 Å². The second kappa shape index (κ2) is 8.99. The number of benzene rings is 2. The van der Waals surface area contributed by atoms with Gasteiger partial charge in [0.15, 0.2) is 11.5 Å². The molecule has 0 spiro atoms. The zero-order valence-electron chi connectivity index (χ0n) is 18.5. The van der Waals surface area contributed by atoms with E-state index in [-0.39, 0.29) is 10.8 Å². The van der Waals surface area contributed by atoms with Gasteiger partial charge in [-0.25, -0.2) is 8.42 Å². The number of sulfonamides is 1. The summed E-state index contributed by atoms with van der Waals surface area (Å²) in [6.07, 6.45) is 1.85. The number of carbonyl (C=O) groups is 1. The molecule has 9 heteroatoms. The number of amides is 1. The Labute approximate surface area is 188 Å². The molecule has 8 nitrogen and oxygen atoms in total. The molecule has 1 saturated heterocycles. The topological polar surface area (TPSA) is 85.4 Å². The van der Waals surface area contributed by atoms with Crippen LogP contribution in [0.2, 0.25) is 0 Å². The SMILES string of the molecule is COc1ccc(S(=O)(=O)N2CCC[C@@H]2C(=O)N2CCc3cc(OC)c(OC)cc3C2)cc1. The summed E-state index contributed by atoms with van der Waals surface area (Å²) in [5.74, 6) is 1.71. The first kappa shape index (κ1) is 22.4. The van der Waals surface area contributed by atoms with Crippen LogP contribution in [-0.4, -0.2) is 64.0 Å². The van der Waals surface area contributed by atoms with Crippen molar-refractivity contribution in [1.82, 2.24) is 9.21 Å². The molecule has 1 fully saturated rings. The van der Waals surface area contributed by atoms with Crippen molar-refractivity contribution in [2.75, 3.05) is 34.4 Å². The van der Waals surface area contributed by atoms with Crippen molar-refractivity contribution in [3.63, 3.8) is 0 Å². The van der Waals surface area contributed by atoms with Crippen LogP contribution in [0, 0.1) is 0 Å². The number of rotatable bonds is 6. The van der Waals surface area contributed by atoms with Gasteiger partial charge in [-0.1, -0.05) is 0 Å². The lowest BCUT2D eigenvalue weighted by atomic mass is 9.98. The third-order valence-electron chi connectivity index (χ3n) is 6.18. The molecular weight excluding hydrogens is 432 g/mol. The second-order valence-electron chi connectivity index (χ2n) is 7.94. The second-order valence-corrected chi connectivity index (χ2v) is 9.83. The predicted octanol–water partition coefficient (Wildman–Crippen LogP) is 2.45. The largest absolute Gasteiger partial charge is 0.497 e. The van der Waals surface area contributed by atoms with E-state index >= 15 is 0 Å². The number of nitrogens with zero attached hydrogens (tertiary/aromatic N) is 2. The van der Waals surface area contributed by atoms with E-state index in [1.54, 1.807) is 31.3 Å². The third-order valence-corrected chi connectivity index (χ3v) is 8.11. The molecule has 2 aliphatic rings. The summed E-state index contributed by atoms with van der Waals surface area (Å²) in [7, 11) is 0.924. The summed E-state index contributed by atoms with van der Waals surface area (Å²) in [4.78, 5) is 15.3. The Hall–Kier alpha value is -2.78. The first-order valence-electron chi connectivity index (χ1n) is 10.6. The number of carbonyl (C=O) groups excluding carboxylic acids is 1. The summed E-state index contributed by atoms with van der Waals surface area (Å²) in [6, 6.07) is 9.42. The van der Waals surface area contributed by atoms with Gasteiger partial charge < -0.3 is 19.1 Å². The monoisotopic (exact) mass is 460 g/mol. The van der Waals surface area contributed by atoms with Gasteiger partial charge in [0.1, 0.15) is 11.8 Å². The fourth-order valence-corrected chi connectivity index (χ4v) is 6.09. The van der Waals surface area contributed by atoms with Gasteiger partial charge in [-0.05, 0) is 66.8 Å². The van der Waals surface area contributed by atoms with E-state index in [0.29, 0.717) is 56.1 Å². The number of fused-ring (bicyclic) bond motifs is 1. The maximum atomic E-state index is 13.4. The Bertz CT molecular complexity index is 1100. The molecule has 1 amide bonds. The molecule has 0 N–H and O–H groups in total. The van der Waals surface area contributed by atoms with E-state index in [1.807, 2.05) is 12.1 Å². The zero-order valence-corrected chi connectivity index (χ0v) is 19.4. The van der Waals surface area contributed by atoms with Gasteiger partial charge >= 0.3 is 0 Å². The van der Waals surface area contributed by atoms with Crippen molar-refractivity contribution in [3.8, 4) is 17.2 Å². The Morgan fingerprint density at radius 2 is 1.59 bits per heavy atom. The van der Waals surface area contributed by atoms with Crippen molar-refractivity contribution < 1.29 is 27.4 Å². The minimum absolute atomic E-state index is 0.153. The van der Waals surface area contributed by atoms with Gasteiger partial charge in [0, 0.05) is 19.6 Å². The summed E-state index contributed by atoms with van der Waals surface area (Å²) in [6.45, 7) is 1.29. The van der Waals surface area contributed by atoms with E-state index in [9.17, 15) is 13.2 Å². The Morgan fingerprint density at radius 3 is 2.22 bits per heavy atom. The molecule has 2 aromatic carbocycles. The molecule has 2 aromatic rings. The summed E-state index contributed by atoms with van der Waals surface area (Å²) in [5.41, 5.74) is 2.10. The van der Waals surface area contributed by atoms with E-state index in [0.717, 1.165) is 11.1 Å². The molecule has 2 aliphatic heterocycles. The van der Waals surface area contributed by atoms with Crippen LogP contribution >= 0.6 is 0 Å². The Kier molecular flexibility index (Phi) is 6.30. The molecular formula is C23H28N2O6S. The highest BCUT2D eigenvalue weighted by atomic mass is 32.2. The number of hydrogen-bond acceptors (Lipinski definition) is 6. The fraction of sp³-hybridized carbons (Fsp3) is 0.435. The van der Waals surface area contributed by atoms with Gasteiger partial charge in [0.2, 0.25) is 15.9 Å². The lowest BCUT2D eigenvalue weighted by molar-refractivity contribution is -0.135. The summed E-state index contributed by atoms with van der Waals surface area (Å²) < 4.78 is 43.8. The fourth-order valence-electron chi connectivity index (χ4n) is 4.44. The van der Waals surface area contributed by atoms with Crippen molar-refractivity contribution in [2.45, 2.75) is 36.7 Å². The minimum Gasteiger partial charge on any atom is -0.497 e. The highest BCUT2D eigenvalue weighted by molar-refractivity contribution is 7.89. The van der Waals surface area contributed by atoms with E-state index in [1.165, 1.54) is 23.5 Å². The highest BCUT2D eigenvalue weighted by Crippen LogP contribution is 2.34. The number of ether oxygens (including phenoxy) is 3. The lowest BCUT2D eigenvalue weighted by Crippen LogP contribution is -2.49.